The second-order valence-electron chi connectivity index (χ2n) is 9.30. The Kier molecular flexibility index (Phi) is 10.2. The lowest BCUT2D eigenvalue weighted by molar-refractivity contribution is -0.142. The smallest absolute Gasteiger partial charge is 0.261 e. The Morgan fingerprint density at radius 3 is 2.27 bits per heavy atom. The van der Waals surface area contributed by atoms with Gasteiger partial charge in [0.1, 0.15) is 11.8 Å². The van der Waals surface area contributed by atoms with Crippen LogP contribution in [0.4, 0.5) is 0 Å². The van der Waals surface area contributed by atoms with Crippen LogP contribution in [0.1, 0.15) is 18.1 Å². The summed E-state index contributed by atoms with van der Waals surface area (Å²) < 4.78 is 38.0. The molecule has 1 atom stereocenters. The Labute approximate surface area is 239 Å². The minimum Gasteiger partial charge on any atom is -0.484 e. The first-order valence-electron chi connectivity index (χ1n) is 12.9. The molecular weight excluding hydrogens is 554 g/mol. The molecule has 1 saturated heterocycles. The predicted molar refractivity (Wildman–Crippen MR) is 151 cm³/mol. The summed E-state index contributed by atoms with van der Waals surface area (Å²) in [5.41, 5.74) is 1.75. The van der Waals surface area contributed by atoms with E-state index in [0.29, 0.717) is 43.6 Å². The molecule has 0 bridgehead atoms. The SMILES string of the molecule is C[C@H](C(=O)NCc1ccccc1)N(Cc1ccc(Cl)cc1)C(=O)COc1ccc(S(=O)(=O)N2CCOCC2)cc1. The molecule has 11 heteroatoms. The number of benzene rings is 3. The summed E-state index contributed by atoms with van der Waals surface area (Å²) in [6.45, 7) is 3.17. The van der Waals surface area contributed by atoms with Crippen molar-refractivity contribution in [2.75, 3.05) is 32.9 Å². The van der Waals surface area contributed by atoms with E-state index in [1.807, 2.05) is 30.3 Å². The molecule has 0 aromatic heterocycles. The van der Waals surface area contributed by atoms with E-state index in [2.05, 4.69) is 5.32 Å². The summed E-state index contributed by atoms with van der Waals surface area (Å²) in [5.74, 6) is -0.368. The van der Waals surface area contributed by atoms with Crippen LogP contribution in [0, 0.1) is 0 Å². The van der Waals surface area contributed by atoms with Crippen LogP contribution < -0.4 is 10.1 Å². The van der Waals surface area contributed by atoms with E-state index in [4.69, 9.17) is 21.1 Å². The van der Waals surface area contributed by atoms with E-state index in [9.17, 15) is 18.0 Å². The van der Waals surface area contributed by atoms with Gasteiger partial charge in [-0.2, -0.15) is 4.31 Å². The molecule has 1 heterocycles. The summed E-state index contributed by atoms with van der Waals surface area (Å²) in [6.07, 6.45) is 0. The van der Waals surface area contributed by atoms with E-state index >= 15 is 0 Å². The molecule has 0 spiro atoms. The maximum absolute atomic E-state index is 13.3. The highest BCUT2D eigenvalue weighted by molar-refractivity contribution is 7.89. The van der Waals surface area contributed by atoms with Crippen molar-refractivity contribution in [3.8, 4) is 5.75 Å². The molecule has 1 aliphatic rings. The van der Waals surface area contributed by atoms with Gasteiger partial charge in [0.25, 0.3) is 5.91 Å². The van der Waals surface area contributed by atoms with Crippen LogP contribution in [0.25, 0.3) is 0 Å². The van der Waals surface area contributed by atoms with Crippen LogP contribution >= 0.6 is 11.6 Å². The summed E-state index contributed by atoms with van der Waals surface area (Å²) in [6, 6.07) is 21.7. The molecule has 0 radical (unpaired) electrons. The monoisotopic (exact) mass is 585 g/mol. The molecule has 0 unspecified atom stereocenters. The number of nitrogens with zero attached hydrogens (tertiary/aromatic N) is 2. The summed E-state index contributed by atoms with van der Waals surface area (Å²) in [7, 11) is -3.64. The maximum Gasteiger partial charge on any atom is 0.261 e. The standard InChI is InChI=1S/C29H32ClN3O6S/c1-22(29(35)31-19-23-5-3-2-4-6-23)33(20-24-7-9-25(30)10-8-24)28(34)21-39-26-11-13-27(14-12-26)40(36,37)32-15-17-38-18-16-32/h2-14,22H,15-21H2,1H3,(H,31,35)/t22-/m1/s1. The van der Waals surface area contributed by atoms with Gasteiger partial charge in [0.05, 0.1) is 18.1 Å². The average Bonchev–Trinajstić information content (AvgIpc) is 2.99. The fourth-order valence-corrected chi connectivity index (χ4v) is 5.71. The number of ether oxygens (including phenoxy) is 2. The largest absolute Gasteiger partial charge is 0.484 e. The number of carbonyl (C=O) groups is 2. The van der Waals surface area contributed by atoms with Gasteiger partial charge in [0, 0.05) is 31.2 Å². The third-order valence-electron chi connectivity index (χ3n) is 6.54. The van der Waals surface area contributed by atoms with Crippen molar-refractivity contribution in [1.29, 1.82) is 0 Å². The van der Waals surface area contributed by atoms with Gasteiger partial charge in [-0.3, -0.25) is 9.59 Å². The molecule has 1 aliphatic heterocycles. The van der Waals surface area contributed by atoms with E-state index in [1.54, 1.807) is 31.2 Å². The Bertz CT molecular complexity index is 1380. The lowest BCUT2D eigenvalue weighted by Gasteiger charge is -2.29. The van der Waals surface area contributed by atoms with Crippen molar-refractivity contribution in [2.45, 2.75) is 31.0 Å². The van der Waals surface area contributed by atoms with Crippen LogP contribution in [0.3, 0.4) is 0 Å². The molecule has 0 aliphatic carbocycles. The lowest BCUT2D eigenvalue weighted by Crippen LogP contribution is -2.48. The molecule has 2 amide bonds. The van der Waals surface area contributed by atoms with Crippen molar-refractivity contribution in [3.05, 3.63) is 95.0 Å². The second kappa shape index (κ2) is 13.8. The normalized spacial score (nSPS) is 14.8. The van der Waals surface area contributed by atoms with Crippen molar-refractivity contribution in [2.24, 2.45) is 0 Å². The molecule has 3 aromatic carbocycles. The molecule has 40 heavy (non-hydrogen) atoms. The van der Waals surface area contributed by atoms with Gasteiger partial charge >= 0.3 is 0 Å². The lowest BCUT2D eigenvalue weighted by atomic mass is 10.1. The number of rotatable bonds is 11. The number of amides is 2. The third kappa shape index (κ3) is 7.82. The zero-order valence-corrected chi connectivity index (χ0v) is 23.7. The van der Waals surface area contributed by atoms with Gasteiger partial charge in [-0.15, -0.1) is 0 Å². The van der Waals surface area contributed by atoms with E-state index in [1.165, 1.54) is 33.5 Å². The van der Waals surface area contributed by atoms with Gasteiger partial charge in [-0.05, 0) is 54.4 Å². The van der Waals surface area contributed by atoms with Gasteiger partial charge in [-0.25, -0.2) is 8.42 Å². The van der Waals surface area contributed by atoms with Crippen LogP contribution in [-0.4, -0.2) is 68.4 Å². The molecule has 9 nitrogen and oxygen atoms in total. The zero-order chi connectivity index (χ0) is 28.5. The fraction of sp³-hybridized carbons (Fsp3) is 0.310. The van der Waals surface area contributed by atoms with Crippen LogP contribution in [0.5, 0.6) is 5.75 Å². The molecule has 1 fully saturated rings. The van der Waals surface area contributed by atoms with Crippen LogP contribution in [0.2, 0.25) is 5.02 Å². The highest BCUT2D eigenvalue weighted by Gasteiger charge is 2.28. The first-order valence-corrected chi connectivity index (χ1v) is 14.7. The van der Waals surface area contributed by atoms with E-state index in [-0.39, 0.29) is 24.0 Å². The van der Waals surface area contributed by atoms with Crippen molar-refractivity contribution in [1.82, 2.24) is 14.5 Å². The summed E-state index contributed by atoms with van der Waals surface area (Å²) >= 11 is 6.01. The van der Waals surface area contributed by atoms with Crippen LogP contribution in [-0.2, 0) is 37.4 Å². The first kappa shape index (κ1) is 29.5. The number of sulfonamides is 1. The number of nitrogens with one attached hydrogen (secondary N) is 1. The van der Waals surface area contributed by atoms with Gasteiger partial charge in [-0.1, -0.05) is 54.1 Å². The van der Waals surface area contributed by atoms with Crippen molar-refractivity contribution in [3.63, 3.8) is 0 Å². The second-order valence-corrected chi connectivity index (χ2v) is 11.7. The van der Waals surface area contributed by atoms with E-state index < -0.39 is 22.0 Å². The molecule has 3 aromatic rings. The number of carbonyl (C=O) groups excluding carboxylic acids is 2. The van der Waals surface area contributed by atoms with Crippen molar-refractivity contribution < 1.29 is 27.5 Å². The van der Waals surface area contributed by atoms with Gasteiger partial charge in [0.15, 0.2) is 6.61 Å². The Morgan fingerprint density at radius 2 is 1.62 bits per heavy atom. The maximum atomic E-state index is 13.3. The Hall–Kier alpha value is -3.44. The minimum atomic E-state index is -3.64. The topological polar surface area (TPSA) is 105 Å². The molecule has 0 saturated carbocycles. The third-order valence-corrected chi connectivity index (χ3v) is 8.70. The van der Waals surface area contributed by atoms with Crippen LogP contribution in [0.15, 0.2) is 83.8 Å². The highest BCUT2D eigenvalue weighted by atomic mass is 35.5. The number of hydrogen-bond donors (Lipinski definition) is 1. The average molecular weight is 586 g/mol. The highest BCUT2D eigenvalue weighted by Crippen LogP contribution is 2.21. The summed E-state index contributed by atoms with van der Waals surface area (Å²) in [4.78, 5) is 27.9. The van der Waals surface area contributed by atoms with Crippen molar-refractivity contribution >= 4 is 33.4 Å². The van der Waals surface area contributed by atoms with Gasteiger partial charge in [0.2, 0.25) is 15.9 Å². The number of halogens is 1. The fourth-order valence-electron chi connectivity index (χ4n) is 4.17. The minimum absolute atomic E-state index is 0.140. The Balaban J connectivity index is 1.41. The molecule has 1 N–H and O–H groups in total. The zero-order valence-electron chi connectivity index (χ0n) is 22.2. The van der Waals surface area contributed by atoms with Gasteiger partial charge < -0.3 is 19.7 Å². The molecule has 212 valence electrons. The first-order chi connectivity index (χ1) is 19.2. The Morgan fingerprint density at radius 1 is 0.975 bits per heavy atom. The predicted octanol–water partition coefficient (Wildman–Crippen LogP) is 3.47. The molecular formula is C29H32ClN3O6S. The quantitative estimate of drug-likeness (QED) is 0.369. The number of morpholine rings is 1. The molecule has 4 rings (SSSR count). The van der Waals surface area contributed by atoms with E-state index in [0.717, 1.165) is 11.1 Å². The number of hydrogen-bond acceptors (Lipinski definition) is 6. The summed E-state index contributed by atoms with van der Waals surface area (Å²) in [5, 5.41) is 3.45.